The second-order valence-corrected chi connectivity index (χ2v) is 9.87. The first kappa shape index (κ1) is 23.6. The molecule has 3 N–H and O–H groups in total. The number of hydrogen-bond acceptors (Lipinski definition) is 4. The molecule has 1 atom stereocenters. The summed E-state index contributed by atoms with van der Waals surface area (Å²) in [5, 5.41) is 7.56. The molecule has 0 saturated carbocycles. The van der Waals surface area contributed by atoms with E-state index in [1.54, 1.807) is 0 Å². The van der Waals surface area contributed by atoms with Gasteiger partial charge in [0.05, 0.1) is 0 Å². The Morgan fingerprint density at radius 3 is 2.51 bits per heavy atom. The third-order valence-corrected chi connectivity index (χ3v) is 7.47. The topological polar surface area (TPSA) is 80.5 Å². The molecule has 5 rings (SSSR count). The first-order chi connectivity index (χ1) is 17.1. The van der Waals surface area contributed by atoms with Crippen LogP contribution < -0.4 is 10.6 Å². The normalized spacial score (nSPS) is 18.5. The number of aromatic nitrogens is 1. The van der Waals surface area contributed by atoms with Gasteiger partial charge in [0.15, 0.2) is 0 Å². The van der Waals surface area contributed by atoms with E-state index in [-0.39, 0.29) is 11.8 Å². The second kappa shape index (κ2) is 10.6. The van der Waals surface area contributed by atoms with E-state index < -0.39 is 6.04 Å². The molecule has 2 amide bonds. The largest absolute Gasteiger partial charge is 0.361 e. The molecule has 0 unspecified atom stereocenters. The highest BCUT2D eigenvalue weighted by Gasteiger charge is 2.31. The van der Waals surface area contributed by atoms with Gasteiger partial charge < -0.3 is 20.5 Å². The Hall–Kier alpha value is -3.16. The second-order valence-electron chi connectivity index (χ2n) is 9.87. The summed E-state index contributed by atoms with van der Waals surface area (Å²) >= 11 is 0. The van der Waals surface area contributed by atoms with Crippen LogP contribution in [0.5, 0.6) is 0 Å². The average Bonchev–Trinajstić information content (AvgIpc) is 3.28. The van der Waals surface area contributed by atoms with Gasteiger partial charge in [-0.1, -0.05) is 36.4 Å². The lowest BCUT2D eigenvalue weighted by molar-refractivity contribution is -0.135. The number of piperazine rings is 1. The average molecular weight is 474 g/mol. The summed E-state index contributed by atoms with van der Waals surface area (Å²) in [5.74, 6) is 0.462. The van der Waals surface area contributed by atoms with Crippen LogP contribution >= 0.6 is 0 Å². The van der Waals surface area contributed by atoms with E-state index in [0.29, 0.717) is 18.7 Å². The molecule has 2 aliphatic heterocycles. The van der Waals surface area contributed by atoms with Crippen LogP contribution in [0.15, 0.2) is 54.7 Å². The molecule has 0 aliphatic carbocycles. The number of nitrogens with one attached hydrogen (secondary N) is 3. The third-order valence-electron chi connectivity index (χ3n) is 7.47. The van der Waals surface area contributed by atoms with Crippen LogP contribution in [0.2, 0.25) is 0 Å². The van der Waals surface area contributed by atoms with Crippen LogP contribution in [0.1, 0.15) is 40.4 Å². The lowest BCUT2D eigenvalue weighted by Gasteiger charge is -2.38. The van der Waals surface area contributed by atoms with Crippen LogP contribution in [0.3, 0.4) is 0 Å². The van der Waals surface area contributed by atoms with Gasteiger partial charge in [-0.15, -0.1) is 0 Å². The molecule has 3 heterocycles. The van der Waals surface area contributed by atoms with Crippen LogP contribution in [0.25, 0.3) is 10.9 Å². The van der Waals surface area contributed by atoms with E-state index in [1.165, 1.54) is 12.8 Å². The van der Waals surface area contributed by atoms with Gasteiger partial charge in [-0.3, -0.25) is 14.5 Å². The molecule has 3 aromatic rings. The lowest BCUT2D eigenvalue weighted by atomic mass is 9.97. The van der Waals surface area contributed by atoms with Gasteiger partial charge in [0, 0.05) is 55.4 Å². The Morgan fingerprint density at radius 1 is 1.03 bits per heavy atom. The number of benzene rings is 2. The Kier molecular flexibility index (Phi) is 7.16. The number of nitrogens with zero attached hydrogens (tertiary/aromatic N) is 2. The molecule has 0 bridgehead atoms. The summed E-state index contributed by atoms with van der Waals surface area (Å²) in [4.78, 5) is 34.5. The zero-order chi connectivity index (χ0) is 24.2. The van der Waals surface area contributed by atoms with Gasteiger partial charge in [0.25, 0.3) is 5.91 Å². The van der Waals surface area contributed by atoms with Crippen molar-refractivity contribution in [2.24, 2.45) is 5.92 Å². The summed E-state index contributed by atoms with van der Waals surface area (Å²) < 4.78 is 0. The minimum atomic E-state index is -0.708. The number of H-pyrrole nitrogens is 1. The monoisotopic (exact) mass is 473 g/mol. The molecule has 2 saturated heterocycles. The predicted molar refractivity (Wildman–Crippen MR) is 138 cm³/mol. The standard InChI is InChI=1S/C28H35N5O2/c1-20-18-30-25-17-23(7-8-24(20)25)27(34)31-26(22-5-3-2-4-6-22)28(35)33-15-13-32(14-16-33)19-21-9-11-29-12-10-21/h2-8,17-18,21,26,29-30H,9-16,19H2,1H3,(H,31,34)/t26-/m1/s1. The fourth-order valence-corrected chi connectivity index (χ4v) is 5.32. The maximum Gasteiger partial charge on any atom is 0.252 e. The predicted octanol–water partition coefficient (Wildman–Crippen LogP) is 3.09. The van der Waals surface area contributed by atoms with E-state index in [4.69, 9.17) is 0 Å². The zero-order valence-corrected chi connectivity index (χ0v) is 20.4. The van der Waals surface area contributed by atoms with E-state index in [1.807, 2.05) is 66.6 Å². The van der Waals surface area contributed by atoms with Crippen molar-refractivity contribution in [1.29, 1.82) is 0 Å². The summed E-state index contributed by atoms with van der Waals surface area (Å²) in [5.41, 5.74) is 3.41. The van der Waals surface area contributed by atoms with Gasteiger partial charge >= 0.3 is 0 Å². The van der Waals surface area contributed by atoms with Crippen LogP contribution in [-0.2, 0) is 4.79 Å². The number of carbonyl (C=O) groups is 2. The van der Waals surface area contributed by atoms with Crippen molar-refractivity contribution in [3.63, 3.8) is 0 Å². The lowest BCUT2D eigenvalue weighted by Crippen LogP contribution is -2.53. The highest BCUT2D eigenvalue weighted by atomic mass is 16.2. The molecule has 2 fully saturated rings. The van der Waals surface area contributed by atoms with Gasteiger partial charge in [-0.2, -0.15) is 0 Å². The van der Waals surface area contributed by atoms with Crippen molar-refractivity contribution in [3.8, 4) is 0 Å². The summed E-state index contributed by atoms with van der Waals surface area (Å²) in [6, 6.07) is 14.5. The molecule has 7 nitrogen and oxygen atoms in total. The SMILES string of the molecule is Cc1c[nH]c2cc(C(=O)N[C@@H](C(=O)N3CCN(CC4CCNCC4)CC3)c3ccccc3)ccc12. The van der Waals surface area contributed by atoms with E-state index in [0.717, 1.165) is 60.7 Å². The zero-order valence-electron chi connectivity index (χ0n) is 20.4. The smallest absolute Gasteiger partial charge is 0.252 e. The van der Waals surface area contributed by atoms with Crippen LogP contribution in [0, 0.1) is 12.8 Å². The Morgan fingerprint density at radius 2 is 1.77 bits per heavy atom. The van der Waals surface area contributed by atoms with Gasteiger partial charge in [-0.25, -0.2) is 0 Å². The van der Waals surface area contributed by atoms with Crippen molar-refractivity contribution >= 4 is 22.7 Å². The highest BCUT2D eigenvalue weighted by Crippen LogP contribution is 2.22. The number of rotatable bonds is 6. The van der Waals surface area contributed by atoms with E-state index in [9.17, 15) is 9.59 Å². The molecule has 1 aromatic heterocycles. The summed E-state index contributed by atoms with van der Waals surface area (Å²) in [6.45, 7) is 8.52. The van der Waals surface area contributed by atoms with Crippen molar-refractivity contribution in [1.82, 2.24) is 25.4 Å². The Balaban J connectivity index is 1.27. The molecular formula is C28H35N5O2. The van der Waals surface area contributed by atoms with Gasteiger partial charge in [0.2, 0.25) is 5.91 Å². The fraction of sp³-hybridized carbons (Fsp3) is 0.429. The molecule has 0 radical (unpaired) electrons. The number of aromatic amines is 1. The molecule has 0 spiro atoms. The number of piperidine rings is 1. The number of fused-ring (bicyclic) bond motifs is 1. The highest BCUT2D eigenvalue weighted by molar-refractivity contribution is 6.00. The van der Waals surface area contributed by atoms with E-state index >= 15 is 0 Å². The van der Waals surface area contributed by atoms with Crippen molar-refractivity contribution < 1.29 is 9.59 Å². The van der Waals surface area contributed by atoms with Crippen LogP contribution in [0.4, 0.5) is 0 Å². The number of hydrogen-bond donors (Lipinski definition) is 3. The number of carbonyl (C=O) groups excluding carboxylic acids is 2. The van der Waals surface area contributed by atoms with Crippen molar-refractivity contribution in [2.45, 2.75) is 25.8 Å². The molecule has 7 heteroatoms. The van der Waals surface area contributed by atoms with E-state index in [2.05, 4.69) is 20.5 Å². The van der Waals surface area contributed by atoms with Crippen LogP contribution in [-0.4, -0.2) is 72.4 Å². The number of amides is 2. The molecule has 2 aromatic carbocycles. The van der Waals surface area contributed by atoms with Gasteiger partial charge in [0.1, 0.15) is 6.04 Å². The third kappa shape index (κ3) is 5.41. The Labute approximate surface area is 206 Å². The minimum absolute atomic E-state index is 0.0390. The Bertz CT molecular complexity index is 1160. The molecule has 2 aliphatic rings. The summed E-state index contributed by atoms with van der Waals surface area (Å²) in [7, 11) is 0. The van der Waals surface area contributed by atoms with Gasteiger partial charge in [-0.05, 0) is 62.0 Å². The van der Waals surface area contributed by atoms with Crippen molar-refractivity contribution in [3.05, 3.63) is 71.4 Å². The molecule has 184 valence electrons. The summed E-state index contributed by atoms with van der Waals surface area (Å²) in [6.07, 6.45) is 4.40. The maximum atomic E-state index is 13.7. The first-order valence-electron chi connectivity index (χ1n) is 12.7. The molecular weight excluding hydrogens is 438 g/mol. The fourth-order valence-electron chi connectivity index (χ4n) is 5.32. The quantitative estimate of drug-likeness (QED) is 0.514. The number of aryl methyl sites for hydroxylation is 1. The van der Waals surface area contributed by atoms with Crippen molar-refractivity contribution in [2.75, 3.05) is 45.8 Å². The maximum absolute atomic E-state index is 13.7. The first-order valence-corrected chi connectivity index (χ1v) is 12.7. The molecule has 35 heavy (non-hydrogen) atoms. The minimum Gasteiger partial charge on any atom is -0.361 e.